The van der Waals surface area contributed by atoms with Gasteiger partial charge in [-0.25, -0.2) is 10.5 Å². The molecule has 0 aliphatic rings. The Morgan fingerprint density at radius 1 is 1.32 bits per heavy atom. The molecule has 0 saturated heterocycles. The third-order valence-electron chi connectivity index (χ3n) is 3.70. The number of pyridine rings is 1. The number of unbranched alkanes of at least 4 members (excludes halogenated alkanes) is 2. The molecule has 0 saturated carbocycles. The highest BCUT2D eigenvalue weighted by molar-refractivity contribution is 5.79. The van der Waals surface area contributed by atoms with Gasteiger partial charge in [-0.3, -0.25) is 14.4 Å². The summed E-state index contributed by atoms with van der Waals surface area (Å²) >= 11 is 0. The smallest absolute Gasteiger partial charge is 0.262 e. The van der Waals surface area contributed by atoms with Crippen LogP contribution in [0.15, 0.2) is 12.1 Å². The van der Waals surface area contributed by atoms with Crippen molar-refractivity contribution in [1.82, 2.24) is 14.9 Å². The molecule has 0 atom stereocenters. The van der Waals surface area contributed by atoms with E-state index in [4.69, 9.17) is 5.21 Å². The summed E-state index contributed by atoms with van der Waals surface area (Å²) in [5.74, 6) is 0.234. The molecule has 1 amide bonds. The molecule has 2 heterocycles. The molecule has 2 aromatic rings. The first-order valence-electron chi connectivity index (χ1n) is 7.72. The molecule has 0 spiro atoms. The van der Waals surface area contributed by atoms with Crippen molar-refractivity contribution in [2.45, 2.75) is 46.5 Å². The van der Waals surface area contributed by atoms with E-state index < -0.39 is 5.91 Å². The van der Waals surface area contributed by atoms with Crippen molar-refractivity contribution in [2.75, 3.05) is 11.9 Å². The summed E-state index contributed by atoms with van der Waals surface area (Å²) in [7, 11) is 0. The van der Waals surface area contributed by atoms with Gasteiger partial charge < -0.3 is 5.32 Å². The maximum absolute atomic E-state index is 11.2. The van der Waals surface area contributed by atoms with Crippen LogP contribution in [0, 0.1) is 13.8 Å². The Bertz CT molecular complexity index is 664. The molecule has 0 aromatic carbocycles. The number of carbonyl (C=O) groups is 1. The van der Waals surface area contributed by atoms with E-state index >= 15 is 0 Å². The summed E-state index contributed by atoms with van der Waals surface area (Å²) in [5, 5.41) is 11.6. The third kappa shape index (κ3) is 3.57. The molecule has 22 heavy (non-hydrogen) atoms. The van der Waals surface area contributed by atoms with Gasteiger partial charge >= 0.3 is 0 Å². The minimum Gasteiger partial charge on any atom is -0.359 e. The summed E-state index contributed by atoms with van der Waals surface area (Å²) in [6.45, 7) is 6.28. The number of aryl methyl sites for hydroxylation is 3. The van der Waals surface area contributed by atoms with Crippen LogP contribution in [0.3, 0.4) is 0 Å². The monoisotopic (exact) mass is 304 g/mol. The minimum atomic E-state index is -0.482. The van der Waals surface area contributed by atoms with Gasteiger partial charge in [-0.15, -0.1) is 0 Å². The number of hydrogen-bond donors (Lipinski definition) is 3. The number of rotatable bonds is 7. The minimum absolute atomic E-state index is 0.000804. The van der Waals surface area contributed by atoms with Gasteiger partial charge in [-0.2, -0.15) is 0 Å². The van der Waals surface area contributed by atoms with E-state index in [2.05, 4.69) is 34.6 Å². The maximum Gasteiger partial charge on any atom is 0.262 e. The molecule has 0 unspecified atom stereocenters. The number of aromatic nitrogens is 2. The number of amides is 1. The van der Waals surface area contributed by atoms with Crippen molar-refractivity contribution in [3.63, 3.8) is 0 Å². The van der Waals surface area contributed by atoms with E-state index in [1.807, 2.05) is 13.0 Å². The first kappa shape index (κ1) is 16.3. The summed E-state index contributed by atoms with van der Waals surface area (Å²) < 4.78 is 2.14. The van der Waals surface area contributed by atoms with Crippen molar-refractivity contribution in [3.8, 4) is 0 Å². The van der Waals surface area contributed by atoms with Crippen molar-refractivity contribution < 1.29 is 10.0 Å². The molecule has 0 bridgehead atoms. The molecule has 2 rings (SSSR count). The molecule has 0 fully saturated rings. The number of nitrogens with zero attached hydrogens (tertiary/aromatic N) is 2. The Kier molecular flexibility index (Phi) is 5.38. The first-order valence-corrected chi connectivity index (χ1v) is 7.72. The molecule has 3 N–H and O–H groups in total. The highest BCUT2D eigenvalue weighted by Gasteiger charge is 2.14. The zero-order chi connectivity index (χ0) is 16.1. The van der Waals surface area contributed by atoms with Crippen LogP contribution in [0.25, 0.3) is 5.65 Å². The van der Waals surface area contributed by atoms with E-state index in [0.717, 1.165) is 48.3 Å². The Balaban J connectivity index is 2.37. The van der Waals surface area contributed by atoms with Crippen LogP contribution in [0.2, 0.25) is 0 Å². The largest absolute Gasteiger partial charge is 0.359 e. The van der Waals surface area contributed by atoms with E-state index in [1.165, 1.54) is 0 Å². The van der Waals surface area contributed by atoms with Crippen LogP contribution < -0.4 is 10.8 Å². The number of hydrogen-bond acceptors (Lipinski definition) is 4. The number of imidazole rings is 1. The summed E-state index contributed by atoms with van der Waals surface area (Å²) in [5.41, 5.74) is 5.89. The normalized spacial score (nSPS) is 10.9. The fraction of sp³-hybridized carbons (Fsp3) is 0.500. The van der Waals surface area contributed by atoms with Gasteiger partial charge in [0.05, 0.1) is 12.2 Å². The number of hydroxylamine groups is 1. The van der Waals surface area contributed by atoms with Crippen LogP contribution >= 0.6 is 0 Å². The molecule has 0 aliphatic carbocycles. The lowest BCUT2D eigenvalue weighted by atomic mass is 10.1. The highest BCUT2D eigenvalue weighted by atomic mass is 16.5. The van der Waals surface area contributed by atoms with E-state index in [0.29, 0.717) is 5.82 Å². The van der Waals surface area contributed by atoms with Crippen LogP contribution in [-0.4, -0.2) is 27.0 Å². The number of carbonyl (C=O) groups excluding carboxylic acids is 1. The molecule has 0 aliphatic heterocycles. The third-order valence-corrected chi connectivity index (χ3v) is 3.70. The number of fused-ring (bicyclic) bond motifs is 1. The maximum atomic E-state index is 11.2. The zero-order valence-corrected chi connectivity index (χ0v) is 13.4. The molecule has 2 aromatic heterocycles. The van der Waals surface area contributed by atoms with Gasteiger partial charge in [0.1, 0.15) is 11.5 Å². The van der Waals surface area contributed by atoms with E-state index in [1.54, 1.807) is 5.48 Å². The fourth-order valence-electron chi connectivity index (χ4n) is 2.72. The number of nitrogens with one attached hydrogen (secondary N) is 2. The van der Waals surface area contributed by atoms with Crippen molar-refractivity contribution in [3.05, 3.63) is 29.1 Å². The summed E-state index contributed by atoms with van der Waals surface area (Å²) in [6.07, 6.45) is 4.31. The molecular weight excluding hydrogens is 280 g/mol. The Morgan fingerprint density at radius 3 is 2.77 bits per heavy atom. The zero-order valence-electron chi connectivity index (χ0n) is 13.4. The molecule has 120 valence electrons. The van der Waals surface area contributed by atoms with Gasteiger partial charge in [0.2, 0.25) is 0 Å². The lowest BCUT2D eigenvalue weighted by Crippen LogP contribution is -2.27. The first-order chi connectivity index (χ1) is 10.6. The predicted molar refractivity (Wildman–Crippen MR) is 86.3 cm³/mol. The topological polar surface area (TPSA) is 78.7 Å². The average molecular weight is 304 g/mol. The fourth-order valence-corrected chi connectivity index (χ4v) is 2.72. The van der Waals surface area contributed by atoms with Crippen LogP contribution in [-0.2, 0) is 11.2 Å². The molecule has 6 nitrogen and oxygen atoms in total. The van der Waals surface area contributed by atoms with Gasteiger partial charge in [-0.05, 0) is 44.4 Å². The summed E-state index contributed by atoms with van der Waals surface area (Å²) in [6, 6.07) is 4.16. The second-order valence-electron chi connectivity index (χ2n) is 5.62. The van der Waals surface area contributed by atoms with Crippen LogP contribution in [0.1, 0.15) is 43.1 Å². The highest BCUT2D eigenvalue weighted by Crippen LogP contribution is 2.23. The van der Waals surface area contributed by atoms with E-state index in [-0.39, 0.29) is 6.54 Å². The van der Waals surface area contributed by atoms with E-state index in [9.17, 15) is 4.79 Å². The predicted octanol–water partition coefficient (Wildman–Crippen LogP) is 2.60. The van der Waals surface area contributed by atoms with Gasteiger partial charge in [-0.1, -0.05) is 19.8 Å². The van der Waals surface area contributed by atoms with Gasteiger partial charge in [0, 0.05) is 5.69 Å². The Hall–Kier alpha value is -2.08. The lowest BCUT2D eigenvalue weighted by molar-refractivity contribution is -0.127. The molecule has 0 radical (unpaired) electrons. The standard InChI is InChI=1S/C16H24N4O2/c1-4-5-6-7-13-16(17-10-15(21)19-22)18-14-9-11(2)8-12(3)20(13)14/h8-9,17,22H,4-7,10H2,1-3H3,(H,19,21). The molecular formula is C16H24N4O2. The Morgan fingerprint density at radius 2 is 2.09 bits per heavy atom. The SMILES string of the molecule is CCCCCc1c(NCC(=O)NO)nc2cc(C)cc(C)n12. The van der Waals surface area contributed by atoms with Gasteiger partial charge in [0.15, 0.2) is 0 Å². The summed E-state index contributed by atoms with van der Waals surface area (Å²) in [4.78, 5) is 15.8. The second kappa shape index (κ2) is 7.26. The average Bonchev–Trinajstić information content (AvgIpc) is 2.83. The molecule has 6 heteroatoms. The van der Waals surface area contributed by atoms with Gasteiger partial charge in [0.25, 0.3) is 5.91 Å². The van der Waals surface area contributed by atoms with Crippen LogP contribution in [0.5, 0.6) is 0 Å². The number of anilines is 1. The van der Waals surface area contributed by atoms with Crippen molar-refractivity contribution in [1.29, 1.82) is 0 Å². The van der Waals surface area contributed by atoms with Crippen molar-refractivity contribution >= 4 is 17.4 Å². The van der Waals surface area contributed by atoms with Crippen LogP contribution in [0.4, 0.5) is 5.82 Å². The van der Waals surface area contributed by atoms with Crippen molar-refractivity contribution in [2.24, 2.45) is 0 Å². The lowest BCUT2D eigenvalue weighted by Gasteiger charge is -2.09. The quantitative estimate of drug-likeness (QED) is 0.417. The second-order valence-corrected chi connectivity index (χ2v) is 5.62. The Labute approximate surface area is 130 Å².